The zero-order valence-corrected chi connectivity index (χ0v) is 12.0. The summed E-state index contributed by atoms with van der Waals surface area (Å²) in [5.74, 6) is 0.130. The van der Waals surface area contributed by atoms with Crippen LogP contribution in [0.25, 0.3) is 0 Å². The minimum absolute atomic E-state index is 0.130. The minimum Gasteiger partial charge on any atom is -0.355 e. The van der Waals surface area contributed by atoms with Crippen molar-refractivity contribution in [2.45, 2.75) is 33.1 Å². The van der Waals surface area contributed by atoms with Crippen molar-refractivity contribution < 1.29 is 4.79 Å². The lowest BCUT2D eigenvalue weighted by atomic mass is 9.81. The van der Waals surface area contributed by atoms with Gasteiger partial charge in [-0.3, -0.25) is 4.79 Å². The third-order valence-electron chi connectivity index (χ3n) is 3.97. The van der Waals surface area contributed by atoms with E-state index in [0.29, 0.717) is 6.42 Å². The first-order chi connectivity index (χ1) is 9.07. The molecule has 1 fully saturated rings. The quantitative estimate of drug-likeness (QED) is 0.870. The van der Waals surface area contributed by atoms with E-state index in [1.54, 1.807) is 0 Å². The van der Waals surface area contributed by atoms with Gasteiger partial charge in [-0.05, 0) is 43.8 Å². The zero-order chi connectivity index (χ0) is 13.7. The van der Waals surface area contributed by atoms with E-state index in [1.807, 2.05) is 12.1 Å². The summed E-state index contributed by atoms with van der Waals surface area (Å²) in [6.45, 7) is 7.23. The molecule has 0 saturated carbocycles. The molecule has 1 saturated heterocycles. The van der Waals surface area contributed by atoms with Gasteiger partial charge in [0.2, 0.25) is 5.91 Å². The molecule has 0 bridgehead atoms. The van der Waals surface area contributed by atoms with Crippen molar-refractivity contribution in [2.75, 3.05) is 19.6 Å². The predicted molar refractivity (Wildman–Crippen MR) is 78.1 cm³/mol. The van der Waals surface area contributed by atoms with Crippen LogP contribution in [0.2, 0.25) is 0 Å². The van der Waals surface area contributed by atoms with E-state index in [4.69, 9.17) is 0 Å². The highest BCUT2D eigenvalue weighted by atomic mass is 16.1. The van der Waals surface area contributed by atoms with Crippen molar-refractivity contribution in [1.29, 1.82) is 0 Å². The first-order valence-electron chi connectivity index (χ1n) is 7.10. The van der Waals surface area contributed by atoms with Gasteiger partial charge in [-0.1, -0.05) is 36.8 Å². The lowest BCUT2D eigenvalue weighted by Gasteiger charge is -2.34. The van der Waals surface area contributed by atoms with Crippen molar-refractivity contribution in [2.24, 2.45) is 5.41 Å². The molecule has 104 valence electrons. The molecule has 0 aromatic heterocycles. The van der Waals surface area contributed by atoms with Crippen LogP contribution in [-0.4, -0.2) is 25.5 Å². The van der Waals surface area contributed by atoms with Gasteiger partial charge in [0, 0.05) is 6.54 Å². The molecule has 0 radical (unpaired) electrons. The molecule has 0 aliphatic carbocycles. The van der Waals surface area contributed by atoms with E-state index in [9.17, 15) is 4.79 Å². The molecule has 0 spiro atoms. The van der Waals surface area contributed by atoms with E-state index >= 15 is 0 Å². The van der Waals surface area contributed by atoms with Crippen molar-refractivity contribution in [3.63, 3.8) is 0 Å². The molecule has 1 heterocycles. The highest BCUT2D eigenvalue weighted by Gasteiger charge is 2.26. The first kappa shape index (κ1) is 14.1. The maximum absolute atomic E-state index is 12.0. The summed E-state index contributed by atoms with van der Waals surface area (Å²) < 4.78 is 0. The Morgan fingerprint density at radius 3 is 2.79 bits per heavy atom. The summed E-state index contributed by atoms with van der Waals surface area (Å²) in [6.07, 6.45) is 2.76. The third-order valence-corrected chi connectivity index (χ3v) is 3.97. The summed E-state index contributed by atoms with van der Waals surface area (Å²) in [5, 5.41) is 6.46. The molecule has 3 nitrogen and oxygen atoms in total. The lowest BCUT2D eigenvalue weighted by molar-refractivity contribution is -0.121. The number of carbonyl (C=O) groups excluding carboxylic acids is 1. The fourth-order valence-corrected chi connectivity index (χ4v) is 2.59. The number of carbonyl (C=O) groups is 1. The summed E-state index contributed by atoms with van der Waals surface area (Å²) in [5.41, 5.74) is 2.55. The Kier molecular flexibility index (Phi) is 4.59. The molecule has 1 aliphatic rings. The van der Waals surface area contributed by atoms with Crippen LogP contribution in [0.5, 0.6) is 0 Å². The Morgan fingerprint density at radius 2 is 2.11 bits per heavy atom. The van der Waals surface area contributed by atoms with Crippen LogP contribution in [0.3, 0.4) is 0 Å². The van der Waals surface area contributed by atoms with Gasteiger partial charge in [0.1, 0.15) is 0 Å². The Balaban J connectivity index is 1.81. The maximum Gasteiger partial charge on any atom is 0.224 e. The maximum atomic E-state index is 12.0. The molecule has 1 aliphatic heterocycles. The van der Waals surface area contributed by atoms with Crippen molar-refractivity contribution >= 4 is 5.91 Å². The summed E-state index contributed by atoms with van der Waals surface area (Å²) in [7, 11) is 0. The minimum atomic E-state index is 0.130. The normalized spacial score (nSPS) is 18.0. The molecule has 2 N–H and O–H groups in total. The number of hydrogen-bond donors (Lipinski definition) is 2. The van der Waals surface area contributed by atoms with Crippen LogP contribution >= 0.6 is 0 Å². The van der Waals surface area contributed by atoms with E-state index in [0.717, 1.165) is 38.0 Å². The molecule has 0 unspecified atom stereocenters. The van der Waals surface area contributed by atoms with Crippen LogP contribution in [0.4, 0.5) is 0 Å². The van der Waals surface area contributed by atoms with E-state index < -0.39 is 0 Å². The smallest absolute Gasteiger partial charge is 0.224 e. The van der Waals surface area contributed by atoms with Gasteiger partial charge in [0.25, 0.3) is 0 Å². The fraction of sp³-hybridized carbons (Fsp3) is 0.562. The average Bonchev–Trinajstić information content (AvgIpc) is 2.38. The first-order valence-corrected chi connectivity index (χ1v) is 7.10. The van der Waals surface area contributed by atoms with Gasteiger partial charge < -0.3 is 10.6 Å². The Labute approximate surface area is 115 Å². The number of amides is 1. The molecule has 1 aromatic rings. The molecule has 1 amide bonds. The van der Waals surface area contributed by atoms with Crippen LogP contribution in [0, 0.1) is 12.3 Å². The second-order valence-electron chi connectivity index (χ2n) is 6.00. The van der Waals surface area contributed by atoms with Gasteiger partial charge in [0.05, 0.1) is 6.42 Å². The predicted octanol–water partition coefficient (Wildman–Crippen LogP) is 2.04. The number of piperidine rings is 1. The van der Waals surface area contributed by atoms with Gasteiger partial charge in [0.15, 0.2) is 0 Å². The average molecular weight is 260 g/mol. The van der Waals surface area contributed by atoms with Gasteiger partial charge in [-0.15, -0.1) is 0 Å². The topological polar surface area (TPSA) is 41.1 Å². The number of aryl methyl sites for hydroxylation is 1. The highest BCUT2D eigenvalue weighted by molar-refractivity contribution is 5.78. The standard InChI is InChI=1S/C16H24N2O/c1-13-4-3-5-14(10-13)11-15(19)18-12-16(2)6-8-17-9-7-16/h3-5,10,17H,6-9,11-12H2,1-2H3,(H,18,19). The SMILES string of the molecule is Cc1cccc(CC(=O)NCC2(C)CCNCC2)c1. The molecule has 19 heavy (non-hydrogen) atoms. The van der Waals surface area contributed by atoms with Crippen molar-refractivity contribution in [3.05, 3.63) is 35.4 Å². The lowest BCUT2D eigenvalue weighted by Crippen LogP contribution is -2.43. The van der Waals surface area contributed by atoms with Crippen LogP contribution in [0.15, 0.2) is 24.3 Å². The Bertz CT molecular complexity index is 436. The molecule has 2 rings (SSSR count). The second kappa shape index (κ2) is 6.20. The number of benzene rings is 1. The van der Waals surface area contributed by atoms with Gasteiger partial charge in [-0.25, -0.2) is 0 Å². The van der Waals surface area contributed by atoms with E-state index in [1.165, 1.54) is 5.56 Å². The summed E-state index contributed by atoms with van der Waals surface area (Å²) in [4.78, 5) is 12.0. The van der Waals surface area contributed by atoms with Crippen LogP contribution in [0.1, 0.15) is 30.9 Å². The highest BCUT2D eigenvalue weighted by Crippen LogP contribution is 2.26. The van der Waals surface area contributed by atoms with E-state index in [2.05, 4.69) is 36.6 Å². The molecule has 1 aromatic carbocycles. The largest absolute Gasteiger partial charge is 0.355 e. The zero-order valence-electron chi connectivity index (χ0n) is 12.0. The fourth-order valence-electron chi connectivity index (χ4n) is 2.59. The number of nitrogens with one attached hydrogen (secondary N) is 2. The molecular formula is C16H24N2O. The van der Waals surface area contributed by atoms with Gasteiger partial charge in [-0.2, -0.15) is 0 Å². The number of hydrogen-bond acceptors (Lipinski definition) is 2. The van der Waals surface area contributed by atoms with Crippen LogP contribution < -0.4 is 10.6 Å². The number of rotatable bonds is 4. The van der Waals surface area contributed by atoms with Crippen molar-refractivity contribution in [1.82, 2.24) is 10.6 Å². The monoisotopic (exact) mass is 260 g/mol. The van der Waals surface area contributed by atoms with E-state index in [-0.39, 0.29) is 11.3 Å². The summed E-state index contributed by atoms with van der Waals surface area (Å²) in [6, 6.07) is 8.15. The van der Waals surface area contributed by atoms with Crippen molar-refractivity contribution in [3.8, 4) is 0 Å². The van der Waals surface area contributed by atoms with Crippen LogP contribution in [-0.2, 0) is 11.2 Å². The molecular weight excluding hydrogens is 236 g/mol. The summed E-state index contributed by atoms with van der Waals surface area (Å²) >= 11 is 0. The second-order valence-corrected chi connectivity index (χ2v) is 6.00. The third kappa shape index (κ3) is 4.35. The molecule has 0 atom stereocenters. The molecule has 3 heteroatoms. The Morgan fingerprint density at radius 1 is 1.37 bits per heavy atom. The van der Waals surface area contributed by atoms with Gasteiger partial charge >= 0.3 is 0 Å². The Hall–Kier alpha value is -1.35.